The number of hydrogen-bond donors (Lipinski definition) is 2. The minimum Gasteiger partial charge on any atom is -0.387 e. The van der Waals surface area contributed by atoms with Crippen LogP contribution in [0.4, 0.5) is 0 Å². The lowest BCUT2D eigenvalue weighted by molar-refractivity contribution is 0.0299. The van der Waals surface area contributed by atoms with E-state index in [2.05, 4.69) is 5.32 Å². The van der Waals surface area contributed by atoms with Crippen molar-refractivity contribution < 1.29 is 13.5 Å². The molecule has 5 nitrogen and oxygen atoms in total. The molecule has 1 fully saturated rings. The summed E-state index contributed by atoms with van der Waals surface area (Å²) in [4.78, 5) is 1.90. The molecule has 0 aromatic carbocycles. The van der Waals surface area contributed by atoms with Crippen LogP contribution in [0, 0.1) is 0 Å². The van der Waals surface area contributed by atoms with Crippen molar-refractivity contribution in [2.75, 3.05) is 39.0 Å². The van der Waals surface area contributed by atoms with Crippen molar-refractivity contribution in [1.82, 2.24) is 10.2 Å². The van der Waals surface area contributed by atoms with Gasteiger partial charge in [-0.3, -0.25) is 0 Å². The van der Waals surface area contributed by atoms with E-state index in [0.29, 0.717) is 19.6 Å². The van der Waals surface area contributed by atoms with Gasteiger partial charge in [0, 0.05) is 19.6 Å². The molecular weight excluding hydrogens is 240 g/mol. The van der Waals surface area contributed by atoms with Crippen LogP contribution in [0.3, 0.4) is 0 Å². The highest BCUT2D eigenvalue weighted by Crippen LogP contribution is 2.15. The van der Waals surface area contributed by atoms with Crippen molar-refractivity contribution in [2.45, 2.75) is 31.1 Å². The molecule has 1 unspecified atom stereocenters. The normalized spacial score (nSPS) is 26.0. The lowest BCUT2D eigenvalue weighted by Crippen LogP contribution is -2.44. The highest BCUT2D eigenvalue weighted by molar-refractivity contribution is 7.92. The second kappa shape index (κ2) is 5.65. The quantitative estimate of drug-likeness (QED) is 0.675. The summed E-state index contributed by atoms with van der Waals surface area (Å²) < 4.78 is 23.3. The number of rotatable bonds is 6. The molecule has 0 aromatic heterocycles. The van der Waals surface area contributed by atoms with Gasteiger partial charge in [-0.15, -0.1) is 0 Å². The number of sulfone groups is 1. The van der Waals surface area contributed by atoms with Gasteiger partial charge in [-0.05, 0) is 33.9 Å². The van der Waals surface area contributed by atoms with Crippen LogP contribution in [-0.4, -0.2) is 68.3 Å². The number of nitrogens with one attached hydrogen (secondary N) is 1. The molecule has 1 rings (SSSR count). The van der Waals surface area contributed by atoms with E-state index in [-0.39, 0.29) is 11.0 Å². The second-order valence-corrected chi connectivity index (χ2v) is 7.98. The van der Waals surface area contributed by atoms with Gasteiger partial charge in [-0.25, -0.2) is 8.42 Å². The van der Waals surface area contributed by atoms with Crippen LogP contribution in [0.25, 0.3) is 0 Å². The van der Waals surface area contributed by atoms with Crippen LogP contribution < -0.4 is 5.32 Å². The highest BCUT2D eigenvalue weighted by atomic mass is 32.2. The molecule has 1 aliphatic rings. The van der Waals surface area contributed by atoms with E-state index in [9.17, 15) is 13.5 Å². The Bertz CT molecular complexity index is 335. The SMILES string of the molecule is CC(C)S(=O)(=O)CCN(C)CC1(O)CCNC1. The Morgan fingerprint density at radius 1 is 1.47 bits per heavy atom. The van der Waals surface area contributed by atoms with Crippen LogP contribution in [0.1, 0.15) is 20.3 Å². The molecule has 2 N–H and O–H groups in total. The molecule has 17 heavy (non-hydrogen) atoms. The first kappa shape index (κ1) is 14.9. The van der Waals surface area contributed by atoms with E-state index in [1.165, 1.54) is 0 Å². The molecule has 1 saturated heterocycles. The van der Waals surface area contributed by atoms with Gasteiger partial charge in [0.05, 0.1) is 16.6 Å². The van der Waals surface area contributed by atoms with Crippen molar-refractivity contribution in [3.8, 4) is 0 Å². The molecule has 0 aromatic rings. The summed E-state index contributed by atoms with van der Waals surface area (Å²) in [6, 6.07) is 0. The molecule has 0 spiro atoms. The Kier molecular flexibility index (Phi) is 4.95. The van der Waals surface area contributed by atoms with Gasteiger partial charge in [0.15, 0.2) is 9.84 Å². The Morgan fingerprint density at radius 3 is 2.59 bits per heavy atom. The van der Waals surface area contributed by atoms with Gasteiger partial charge < -0.3 is 15.3 Å². The van der Waals surface area contributed by atoms with Crippen LogP contribution in [0.5, 0.6) is 0 Å². The van der Waals surface area contributed by atoms with E-state index >= 15 is 0 Å². The van der Waals surface area contributed by atoms with Gasteiger partial charge in [-0.2, -0.15) is 0 Å². The Labute approximate surface area is 104 Å². The second-order valence-electron chi connectivity index (χ2n) is 5.30. The summed E-state index contributed by atoms with van der Waals surface area (Å²) in [6.07, 6.45) is 0.730. The van der Waals surface area contributed by atoms with Crippen molar-refractivity contribution in [3.05, 3.63) is 0 Å². The zero-order valence-electron chi connectivity index (χ0n) is 10.9. The van der Waals surface area contributed by atoms with E-state index in [4.69, 9.17) is 0 Å². The average molecular weight is 264 g/mol. The molecule has 0 saturated carbocycles. The number of β-amino-alcohol motifs (C(OH)–C–C–N with tert-alkyl or cyclic N) is 1. The summed E-state index contributed by atoms with van der Waals surface area (Å²) in [6.45, 7) is 5.81. The molecule has 1 heterocycles. The lowest BCUT2D eigenvalue weighted by Gasteiger charge is -2.28. The van der Waals surface area contributed by atoms with E-state index in [0.717, 1.165) is 13.0 Å². The minimum absolute atomic E-state index is 0.157. The smallest absolute Gasteiger partial charge is 0.153 e. The molecule has 1 atom stereocenters. The predicted octanol–water partition coefficient (Wildman–Crippen LogP) is -0.534. The third kappa shape index (κ3) is 4.54. The standard InChI is InChI=1S/C11H24N2O3S/c1-10(2)17(15,16)7-6-13(3)9-11(14)4-5-12-8-11/h10,12,14H,4-9H2,1-3H3. The maximum absolute atomic E-state index is 11.7. The molecule has 0 radical (unpaired) electrons. The number of aliphatic hydroxyl groups is 1. The van der Waals surface area contributed by atoms with E-state index < -0.39 is 15.4 Å². The fraction of sp³-hybridized carbons (Fsp3) is 1.00. The Morgan fingerprint density at radius 2 is 2.12 bits per heavy atom. The fourth-order valence-corrected chi connectivity index (χ4v) is 3.00. The van der Waals surface area contributed by atoms with E-state index in [1.54, 1.807) is 13.8 Å². The van der Waals surface area contributed by atoms with Gasteiger partial charge in [0.1, 0.15) is 0 Å². The summed E-state index contributed by atoms with van der Waals surface area (Å²) in [5.74, 6) is 0.157. The number of likely N-dealkylation sites (N-methyl/N-ethyl adjacent to an activating group) is 1. The van der Waals surface area contributed by atoms with Crippen molar-refractivity contribution in [1.29, 1.82) is 0 Å². The van der Waals surface area contributed by atoms with Crippen LogP contribution in [0.15, 0.2) is 0 Å². The minimum atomic E-state index is -2.99. The summed E-state index contributed by atoms with van der Waals surface area (Å²) in [5, 5.41) is 12.9. The van der Waals surface area contributed by atoms with Crippen molar-refractivity contribution in [3.63, 3.8) is 0 Å². The maximum atomic E-state index is 11.7. The molecule has 0 amide bonds. The topological polar surface area (TPSA) is 69.6 Å². The molecule has 0 bridgehead atoms. The average Bonchev–Trinajstić information content (AvgIpc) is 2.62. The molecule has 0 aliphatic carbocycles. The number of nitrogens with zero attached hydrogens (tertiary/aromatic N) is 1. The van der Waals surface area contributed by atoms with Crippen LogP contribution in [0.2, 0.25) is 0 Å². The predicted molar refractivity (Wildman–Crippen MR) is 68.9 cm³/mol. The number of hydrogen-bond acceptors (Lipinski definition) is 5. The zero-order chi connectivity index (χ0) is 13.1. The summed E-state index contributed by atoms with van der Waals surface area (Å²) in [7, 11) is -1.13. The van der Waals surface area contributed by atoms with Crippen LogP contribution in [-0.2, 0) is 9.84 Å². The molecule has 102 valence electrons. The van der Waals surface area contributed by atoms with Gasteiger partial charge in [0.2, 0.25) is 0 Å². The Balaban J connectivity index is 2.38. The third-order valence-electron chi connectivity index (χ3n) is 3.26. The maximum Gasteiger partial charge on any atom is 0.153 e. The fourth-order valence-electron chi connectivity index (χ4n) is 1.97. The third-order valence-corrected chi connectivity index (χ3v) is 5.45. The lowest BCUT2D eigenvalue weighted by atomic mass is 10.0. The van der Waals surface area contributed by atoms with Crippen LogP contribution >= 0.6 is 0 Å². The van der Waals surface area contributed by atoms with Crippen molar-refractivity contribution >= 4 is 9.84 Å². The summed E-state index contributed by atoms with van der Waals surface area (Å²) in [5.41, 5.74) is -0.698. The first-order valence-corrected chi connectivity index (χ1v) is 7.80. The highest BCUT2D eigenvalue weighted by Gasteiger charge is 2.32. The zero-order valence-corrected chi connectivity index (χ0v) is 11.8. The van der Waals surface area contributed by atoms with E-state index in [1.807, 2.05) is 11.9 Å². The largest absolute Gasteiger partial charge is 0.387 e. The van der Waals surface area contributed by atoms with Gasteiger partial charge in [-0.1, -0.05) is 0 Å². The Hall–Kier alpha value is -0.170. The first-order chi connectivity index (χ1) is 7.75. The molecular formula is C11H24N2O3S. The first-order valence-electron chi connectivity index (χ1n) is 6.08. The van der Waals surface area contributed by atoms with Crippen molar-refractivity contribution in [2.24, 2.45) is 0 Å². The van der Waals surface area contributed by atoms with Gasteiger partial charge in [0.25, 0.3) is 0 Å². The van der Waals surface area contributed by atoms with Gasteiger partial charge >= 0.3 is 0 Å². The monoisotopic (exact) mass is 264 g/mol. The molecule has 1 aliphatic heterocycles. The summed E-state index contributed by atoms with van der Waals surface area (Å²) >= 11 is 0. The molecule has 6 heteroatoms.